The van der Waals surface area contributed by atoms with Crippen LogP contribution in [0.2, 0.25) is 0 Å². The predicted octanol–water partition coefficient (Wildman–Crippen LogP) is 5.00. The molecule has 4 rings (SSSR count). The van der Waals surface area contributed by atoms with E-state index in [9.17, 15) is 13.6 Å². The Hall–Kier alpha value is -3.79. The van der Waals surface area contributed by atoms with Crippen LogP contribution >= 0.6 is 0 Å². The standard InChI is InChI=1S/C26H29F2N7O/c1-2-14-35(18-23(27)28)17-20(15-31-35)22-16-30-21-11-12-24(33-25(21)32-22)34-26(36)29-13-7-6-10-19-8-4-3-5-9-19/h3-5,8-9,11-12,15-17,23H,2,6-7,10,13-14,18H2,1H3,(H-,29,32,33,34,36)/p+1. The molecule has 36 heavy (non-hydrogen) atoms. The van der Waals surface area contributed by atoms with Crippen molar-refractivity contribution in [1.82, 2.24) is 20.3 Å². The second-order valence-corrected chi connectivity index (χ2v) is 8.73. The number of hydrogen-bond donors (Lipinski definition) is 2. The number of nitrogens with zero attached hydrogens (tertiary/aromatic N) is 5. The molecule has 1 atom stereocenters. The van der Waals surface area contributed by atoms with Crippen molar-refractivity contribution >= 4 is 34.8 Å². The van der Waals surface area contributed by atoms with Crippen molar-refractivity contribution in [3.05, 3.63) is 66.1 Å². The zero-order chi connectivity index (χ0) is 25.4. The number of pyridine rings is 1. The van der Waals surface area contributed by atoms with Gasteiger partial charge in [0.1, 0.15) is 24.1 Å². The molecule has 1 aliphatic heterocycles. The molecule has 0 saturated carbocycles. The van der Waals surface area contributed by atoms with E-state index in [1.165, 1.54) is 5.56 Å². The third-order valence-corrected chi connectivity index (χ3v) is 5.84. The van der Waals surface area contributed by atoms with E-state index >= 15 is 0 Å². The van der Waals surface area contributed by atoms with Gasteiger partial charge in [0, 0.05) is 6.54 Å². The van der Waals surface area contributed by atoms with Gasteiger partial charge in [0.15, 0.2) is 12.2 Å². The highest BCUT2D eigenvalue weighted by atomic mass is 19.3. The maximum Gasteiger partial charge on any atom is 0.320 e. The minimum absolute atomic E-state index is 0.163. The van der Waals surface area contributed by atoms with Gasteiger partial charge in [-0.2, -0.15) is 4.59 Å². The van der Waals surface area contributed by atoms with Crippen LogP contribution in [0.1, 0.15) is 37.4 Å². The van der Waals surface area contributed by atoms with Crippen molar-refractivity contribution in [3.8, 4) is 0 Å². The van der Waals surface area contributed by atoms with Gasteiger partial charge < -0.3 is 5.32 Å². The molecule has 0 saturated heterocycles. The number of unbranched alkanes of at least 4 members (excludes halogenated alkanes) is 1. The smallest absolute Gasteiger partial charge is 0.320 e. The van der Waals surface area contributed by atoms with E-state index in [0.29, 0.717) is 47.8 Å². The lowest BCUT2D eigenvalue weighted by atomic mass is 10.1. The number of alkyl halides is 2. The number of carbonyl (C=O) groups excluding carboxylic acids is 1. The Labute approximate surface area is 208 Å². The van der Waals surface area contributed by atoms with Crippen molar-refractivity contribution in [2.24, 2.45) is 5.10 Å². The number of carbonyl (C=O) groups is 1. The Morgan fingerprint density at radius 1 is 1.08 bits per heavy atom. The van der Waals surface area contributed by atoms with Crippen LogP contribution in [0.3, 0.4) is 0 Å². The molecule has 0 fully saturated rings. The summed E-state index contributed by atoms with van der Waals surface area (Å²) in [5, 5.41) is 9.91. The molecule has 0 spiro atoms. The third kappa shape index (κ3) is 6.66. The molecule has 10 heteroatoms. The van der Waals surface area contributed by atoms with Gasteiger partial charge in [-0.3, -0.25) is 10.3 Å². The number of allylic oxidation sites excluding steroid dienone is 1. The van der Waals surface area contributed by atoms with Gasteiger partial charge in [0.2, 0.25) is 0 Å². The van der Waals surface area contributed by atoms with Crippen LogP contribution in [-0.2, 0) is 6.42 Å². The van der Waals surface area contributed by atoms with Crippen LogP contribution < -0.4 is 10.6 Å². The van der Waals surface area contributed by atoms with E-state index in [4.69, 9.17) is 0 Å². The number of benzene rings is 1. The lowest BCUT2D eigenvalue weighted by Gasteiger charge is -2.24. The number of quaternary nitrogens is 1. The second-order valence-electron chi connectivity index (χ2n) is 8.73. The fourth-order valence-electron chi connectivity index (χ4n) is 4.14. The Morgan fingerprint density at radius 3 is 2.69 bits per heavy atom. The molecule has 0 radical (unpaired) electrons. The van der Waals surface area contributed by atoms with E-state index < -0.39 is 6.43 Å². The molecule has 2 amide bonds. The number of halogens is 2. The molecular formula is C26H30F2N7O+. The Balaban J connectivity index is 1.36. The first-order valence-corrected chi connectivity index (χ1v) is 12.1. The molecule has 3 heterocycles. The molecule has 8 nitrogen and oxygen atoms in total. The van der Waals surface area contributed by atoms with Gasteiger partial charge in [-0.1, -0.05) is 42.4 Å². The van der Waals surface area contributed by atoms with Crippen LogP contribution in [0.4, 0.5) is 19.4 Å². The third-order valence-electron chi connectivity index (χ3n) is 5.84. The number of fused-ring (bicyclic) bond motifs is 1. The number of hydrogen-bond acceptors (Lipinski definition) is 5. The van der Waals surface area contributed by atoms with Crippen LogP contribution in [0.5, 0.6) is 0 Å². The molecule has 0 aliphatic carbocycles. The van der Waals surface area contributed by atoms with Crippen molar-refractivity contribution in [2.75, 3.05) is 25.0 Å². The largest absolute Gasteiger partial charge is 0.338 e. The summed E-state index contributed by atoms with van der Waals surface area (Å²) >= 11 is 0. The van der Waals surface area contributed by atoms with E-state index in [1.54, 1.807) is 30.7 Å². The maximum atomic E-state index is 13.1. The molecule has 2 N–H and O–H groups in total. The maximum absolute atomic E-state index is 13.1. The van der Waals surface area contributed by atoms with Gasteiger partial charge in [0.05, 0.1) is 23.7 Å². The van der Waals surface area contributed by atoms with Crippen LogP contribution in [-0.4, -0.2) is 57.8 Å². The highest BCUT2D eigenvalue weighted by molar-refractivity contribution is 6.09. The monoisotopic (exact) mass is 494 g/mol. The summed E-state index contributed by atoms with van der Waals surface area (Å²) < 4.78 is 26.1. The molecule has 1 unspecified atom stereocenters. The molecule has 3 aromatic rings. The molecule has 2 aromatic heterocycles. The first-order chi connectivity index (χ1) is 17.5. The number of urea groups is 1. The molecule has 1 aromatic carbocycles. The Bertz CT molecular complexity index is 1250. The van der Waals surface area contributed by atoms with Gasteiger partial charge in [-0.25, -0.2) is 23.5 Å². The number of rotatable bonds is 11. The van der Waals surface area contributed by atoms with E-state index in [-0.39, 0.29) is 17.2 Å². The lowest BCUT2D eigenvalue weighted by molar-refractivity contribution is -0.887. The number of amides is 2. The molecule has 188 valence electrons. The first kappa shape index (κ1) is 25.3. The van der Waals surface area contributed by atoms with Crippen molar-refractivity contribution < 1.29 is 18.2 Å². The fraction of sp³-hybridized carbons (Fsp3) is 0.346. The highest BCUT2D eigenvalue weighted by Crippen LogP contribution is 2.26. The number of aryl methyl sites for hydroxylation is 1. The normalized spacial score (nSPS) is 16.9. The van der Waals surface area contributed by atoms with Crippen LogP contribution in [0.25, 0.3) is 16.7 Å². The van der Waals surface area contributed by atoms with Crippen molar-refractivity contribution in [1.29, 1.82) is 0 Å². The Morgan fingerprint density at radius 2 is 1.92 bits per heavy atom. The second kappa shape index (κ2) is 11.8. The van der Waals surface area contributed by atoms with Crippen molar-refractivity contribution in [2.45, 2.75) is 39.0 Å². The van der Waals surface area contributed by atoms with E-state index in [2.05, 4.69) is 42.8 Å². The van der Waals surface area contributed by atoms with Crippen LogP contribution in [0, 0.1) is 0 Å². The quantitative estimate of drug-likeness (QED) is 0.290. The molecular weight excluding hydrogens is 464 g/mol. The van der Waals surface area contributed by atoms with Gasteiger partial charge >= 0.3 is 6.03 Å². The van der Waals surface area contributed by atoms with E-state index in [1.807, 2.05) is 25.1 Å². The van der Waals surface area contributed by atoms with Crippen LogP contribution in [0.15, 0.2) is 60.0 Å². The summed E-state index contributed by atoms with van der Waals surface area (Å²) in [5.41, 5.74) is 3.29. The fourth-order valence-corrected chi connectivity index (χ4v) is 4.14. The summed E-state index contributed by atoms with van der Waals surface area (Å²) in [6.45, 7) is 2.57. The topological polar surface area (TPSA) is 92.2 Å². The predicted molar refractivity (Wildman–Crippen MR) is 136 cm³/mol. The summed E-state index contributed by atoms with van der Waals surface area (Å²) in [4.78, 5) is 25.6. The summed E-state index contributed by atoms with van der Waals surface area (Å²) in [6, 6.07) is 13.3. The summed E-state index contributed by atoms with van der Waals surface area (Å²) in [7, 11) is 0. The minimum atomic E-state index is -2.47. The van der Waals surface area contributed by atoms with Gasteiger partial charge in [-0.15, -0.1) is 0 Å². The first-order valence-electron chi connectivity index (χ1n) is 12.1. The molecule has 0 bridgehead atoms. The summed E-state index contributed by atoms with van der Waals surface area (Å²) in [6.07, 6.45) is 5.87. The van der Waals surface area contributed by atoms with Gasteiger partial charge in [0.25, 0.3) is 6.43 Å². The summed E-state index contributed by atoms with van der Waals surface area (Å²) in [5.74, 6) is 0.346. The number of anilines is 1. The zero-order valence-corrected chi connectivity index (χ0v) is 20.2. The Kier molecular flexibility index (Phi) is 8.27. The molecule has 1 aliphatic rings. The van der Waals surface area contributed by atoms with E-state index in [0.717, 1.165) is 19.3 Å². The van der Waals surface area contributed by atoms with Gasteiger partial charge in [-0.05, 0) is 43.4 Å². The minimum Gasteiger partial charge on any atom is -0.338 e. The lowest BCUT2D eigenvalue weighted by Crippen LogP contribution is -2.40. The average molecular weight is 495 g/mol. The van der Waals surface area contributed by atoms with Crippen molar-refractivity contribution in [3.63, 3.8) is 0 Å². The number of nitrogens with one attached hydrogen (secondary N) is 2. The average Bonchev–Trinajstić information content (AvgIpc) is 3.27. The SMILES string of the molecule is CCC[N+]1(CC(F)F)C=C(c2cnc3ccc(NC(=O)NCCCCc4ccccc4)nc3n2)C=N1. The highest BCUT2D eigenvalue weighted by Gasteiger charge is 2.34. The number of aromatic nitrogens is 3. The zero-order valence-electron chi connectivity index (χ0n) is 20.2.